The van der Waals surface area contributed by atoms with Crippen molar-refractivity contribution in [3.05, 3.63) is 83.3 Å². The summed E-state index contributed by atoms with van der Waals surface area (Å²) in [4.78, 5) is 29.9. The van der Waals surface area contributed by atoms with Gasteiger partial charge in [-0.05, 0) is 44.8 Å². The van der Waals surface area contributed by atoms with Gasteiger partial charge in [-0.15, -0.1) is 0 Å². The first-order chi connectivity index (χ1) is 14.5. The Labute approximate surface area is 175 Å². The smallest absolute Gasteiger partial charge is 0.290 e. The number of para-hydroxylation sites is 1. The normalized spacial score (nSPS) is 16.8. The molecule has 1 amide bonds. The summed E-state index contributed by atoms with van der Waals surface area (Å²) >= 11 is 0. The van der Waals surface area contributed by atoms with Crippen molar-refractivity contribution in [1.82, 2.24) is 9.80 Å². The van der Waals surface area contributed by atoms with Crippen LogP contribution in [-0.2, 0) is 4.79 Å². The summed E-state index contributed by atoms with van der Waals surface area (Å²) < 4.78 is 5.73. The van der Waals surface area contributed by atoms with Crippen LogP contribution in [0.5, 0.6) is 0 Å². The summed E-state index contributed by atoms with van der Waals surface area (Å²) in [5, 5.41) is 11.5. The van der Waals surface area contributed by atoms with E-state index >= 15 is 0 Å². The van der Waals surface area contributed by atoms with Gasteiger partial charge in [0, 0.05) is 11.9 Å². The summed E-state index contributed by atoms with van der Waals surface area (Å²) in [6.45, 7) is 1.22. The third kappa shape index (κ3) is 3.62. The molecule has 0 fully saturated rings. The van der Waals surface area contributed by atoms with Crippen LogP contribution in [0.25, 0.3) is 11.0 Å². The number of benzene rings is 2. The number of nitrogens with zero attached hydrogens (tertiary/aromatic N) is 2. The molecule has 0 spiro atoms. The Kier molecular flexibility index (Phi) is 5.42. The van der Waals surface area contributed by atoms with Gasteiger partial charge in [0.25, 0.3) is 5.91 Å². The fraction of sp³-hybridized carbons (Fsp3) is 0.250. The molecule has 0 unspecified atom stereocenters. The zero-order valence-corrected chi connectivity index (χ0v) is 17.0. The Morgan fingerprint density at radius 1 is 1.10 bits per heavy atom. The van der Waals surface area contributed by atoms with Crippen molar-refractivity contribution in [3.8, 4) is 0 Å². The topological polar surface area (TPSA) is 74.0 Å². The van der Waals surface area contributed by atoms with Crippen molar-refractivity contribution < 1.29 is 19.1 Å². The Hall–Kier alpha value is -3.38. The number of fused-ring (bicyclic) bond motifs is 1. The van der Waals surface area contributed by atoms with E-state index in [-0.39, 0.29) is 11.3 Å². The molecule has 1 N–H and O–H groups in total. The second-order valence-corrected chi connectivity index (χ2v) is 7.71. The molecule has 3 aromatic rings. The van der Waals surface area contributed by atoms with E-state index in [1.54, 1.807) is 17.0 Å². The lowest BCUT2D eigenvalue weighted by atomic mass is 9.95. The van der Waals surface area contributed by atoms with Gasteiger partial charge in [0.15, 0.2) is 11.5 Å². The number of furan rings is 1. The molecule has 1 atom stereocenters. The maximum absolute atomic E-state index is 13.4. The highest BCUT2D eigenvalue weighted by Gasteiger charge is 2.44. The zero-order valence-electron chi connectivity index (χ0n) is 17.0. The lowest BCUT2D eigenvalue weighted by molar-refractivity contribution is -0.129. The monoisotopic (exact) mass is 404 g/mol. The molecular weight excluding hydrogens is 380 g/mol. The largest absolute Gasteiger partial charge is 0.503 e. The third-order valence-electron chi connectivity index (χ3n) is 5.32. The van der Waals surface area contributed by atoms with E-state index < -0.39 is 23.5 Å². The van der Waals surface area contributed by atoms with E-state index in [1.165, 1.54) is 0 Å². The van der Waals surface area contributed by atoms with Crippen molar-refractivity contribution in [1.29, 1.82) is 0 Å². The highest BCUT2D eigenvalue weighted by Crippen LogP contribution is 2.39. The maximum Gasteiger partial charge on any atom is 0.290 e. The second-order valence-electron chi connectivity index (χ2n) is 7.71. The lowest BCUT2D eigenvalue weighted by Crippen LogP contribution is -2.33. The van der Waals surface area contributed by atoms with E-state index in [1.807, 2.05) is 67.5 Å². The molecule has 1 aliphatic heterocycles. The molecular formula is C24H24N2O4. The summed E-state index contributed by atoms with van der Waals surface area (Å²) in [5.41, 5.74) is 1.43. The summed E-state index contributed by atoms with van der Waals surface area (Å²) in [7, 11) is 3.93. The van der Waals surface area contributed by atoms with E-state index in [9.17, 15) is 14.7 Å². The summed E-state index contributed by atoms with van der Waals surface area (Å²) in [6.07, 6.45) is 0.724. The molecule has 6 heteroatoms. The van der Waals surface area contributed by atoms with Gasteiger partial charge < -0.3 is 19.3 Å². The molecule has 0 aliphatic carbocycles. The Balaban J connectivity index is 1.73. The minimum absolute atomic E-state index is 0.0649. The number of hydrogen-bond donors (Lipinski definition) is 1. The van der Waals surface area contributed by atoms with Gasteiger partial charge in [-0.25, -0.2) is 0 Å². The fourth-order valence-corrected chi connectivity index (χ4v) is 3.88. The van der Waals surface area contributed by atoms with Gasteiger partial charge in [0.05, 0.1) is 11.6 Å². The molecule has 1 aliphatic rings. The number of aliphatic hydroxyl groups is 1. The minimum atomic E-state index is -0.651. The first-order valence-electron chi connectivity index (χ1n) is 9.94. The molecule has 2 heterocycles. The number of hydrogen-bond acceptors (Lipinski definition) is 5. The SMILES string of the molecule is CN(C)CCCN1C(=O)C(O)=C(C(=O)c2cc3ccccc3o2)[C@H]1c1ccccc1. The van der Waals surface area contributed by atoms with Crippen molar-refractivity contribution in [3.63, 3.8) is 0 Å². The van der Waals surface area contributed by atoms with Crippen LogP contribution in [0.1, 0.15) is 28.6 Å². The lowest BCUT2D eigenvalue weighted by Gasteiger charge is -2.27. The molecule has 1 aromatic heterocycles. The number of carbonyl (C=O) groups excluding carboxylic acids is 2. The molecule has 0 saturated heterocycles. The van der Waals surface area contributed by atoms with E-state index in [0.717, 1.165) is 23.9 Å². The molecule has 4 rings (SSSR count). The summed E-state index contributed by atoms with van der Waals surface area (Å²) in [6, 6.07) is 17.6. The number of ketones is 1. The molecule has 30 heavy (non-hydrogen) atoms. The zero-order chi connectivity index (χ0) is 21.3. The molecule has 0 bridgehead atoms. The fourth-order valence-electron chi connectivity index (χ4n) is 3.88. The van der Waals surface area contributed by atoms with Crippen LogP contribution >= 0.6 is 0 Å². The Morgan fingerprint density at radius 3 is 2.50 bits per heavy atom. The van der Waals surface area contributed by atoms with Gasteiger partial charge in [0.2, 0.25) is 5.78 Å². The van der Waals surface area contributed by atoms with Crippen LogP contribution < -0.4 is 0 Å². The van der Waals surface area contributed by atoms with Crippen molar-refractivity contribution in [2.24, 2.45) is 0 Å². The average molecular weight is 404 g/mol. The van der Waals surface area contributed by atoms with Crippen molar-refractivity contribution in [2.45, 2.75) is 12.5 Å². The Morgan fingerprint density at radius 2 is 1.80 bits per heavy atom. The van der Waals surface area contributed by atoms with E-state index in [0.29, 0.717) is 12.1 Å². The van der Waals surface area contributed by atoms with E-state index in [2.05, 4.69) is 0 Å². The quantitative estimate of drug-likeness (QED) is 0.604. The Bertz CT molecular complexity index is 1080. The minimum Gasteiger partial charge on any atom is -0.503 e. The highest BCUT2D eigenvalue weighted by atomic mass is 16.3. The predicted octanol–water partition coefficient (Wildman–Crippen LogP) is 3.96. The molecule has 154 valence electrons. The predicted molar refractivity (Wildman–Crippen MR) is 114 cm³/mol. The van der Waals surface area contributed by atoms with Gasteiger partial charge >= 0.3 is 0 Å². The maximum atomic E-state index is 13.4. The van der Waals surface area contributed by atoms with E-state index in [4.69, 9.17) is 4.42 Å². The van der Waals surface area contributed by atoms with Crippen LogP contribution in [0, 0.1) is 0 Å². The standard InChI is InChI=1S/C24H24N2O4/c1-25(2)13-8-14-26-21(16-9-4-3-5-10-16)20(23(28)24(26)29)22(27)19-15-17-11-6-7-12-18(17)30-19/h3-7,9-12,15,21,28H,8,13-14H2,1-2H3/t21-/m1/s1. The van der Waals surface area contributed by atoms with Gasteiger partial charge in [-0.2, -0.15) is 0 Å². The number of aliphatic hydroxyl groups excluding tert-OH is 1. The van der Waals surface area contributed by atoms with Crippen LogP contribution in [0.15, 0.2) is 76.4 Å². The molecule has 0 radical (unpaired) electrons. The van der Waals surface area contributed by atoms with Crippen LogP contribution in [0.2, 0.25) is 0 Å². The van der Waals surface area contributed by atoms with Gasteiger partial charge in [0.1, 0.15) is 5.58 Å². The number of amides is 1. The average Bonchev–Trinajstić information content (AvgIpc) is 3.28. The van der Waals surface area contributed by atoms with Crippen LogP contribution in [0.4, 0.5) is 0 Å². The number of rotatable bonds is 7. The van der Waals surface area contributed by atoms with Crippen molar-refractivity contribution >= 4 is 22.7 Å². The van der Waals surface area contributed by atoms with Gasteiger partial charge in [-0.1, -0.05) is 48.5 Å². The van der Waals surface area contributed by atoms with Crippen LogP contribution in [-0.4, -0.2) is 53.8 Å². The highest BCUT2D eigenvalue weighted by molar-refractivity contribution is 6.16. The molecule has 0 saturated carbocycles. The van der Waals surface area contributed by atoms with Crippen molar-refractivity contribution in [2.75, 3.05) is 27.2 Å². The summed E-state index contributed by atoms with van der Waals surface area (Å²) in [5.74, 6) is -1.39. The first kappa shape index (κ1) is 19.9. The molecule has 6 nitrogen and oxygen atoms in total. The molecule has 2 aromatic carbocycles. The first-order valence-corrected chi connectivity index (χ1v) is 9.94. The number of Topliss-reactive ketones (excluding diaryl/α,β-unsaturated/α-hetero) is 1. The number of carbonyl (C=O) groups is 2. The third-order valence-corrected chi connectivity index (χ3v) is 5.32. The van der Waals surface area contributed by atoms with Gasteiger partial charge in [-0.3, -0.25) is 9.59 Å². The second kappa shape index (κ2) is 8.16. The van der Waals surface area contributed by atoms with Crippen LogP contribution in [0.3, 0.4) is 0 Å².